The molecule has 1 aliphatic heterocycles. The van der Waals surface area contributed by atoms with Gasteiger partial charge in [0.1, 0.15) is 11.0 Å². The summed E-state index contributed by atoms with van der Waals surface area (Å²) in [5.41, 5.74) is -0.297. The predicted octanol–water partition coefficient (Wildman–Crippen LogP) is 3.52. The zero-order valence-corrected chi connectivity index (χ0v) is 12.2. The Labute approximate surface area is 117 Å². The van der Waals surface area contributed by atoms with Crippen molar-refractivity contribution in [1.82, 2.24) is 4.98 Å². The lowest BCUT2D eigenvalue weighted by Gasteiger charge is -2.32. The Hall–Kier alpha value is -0.905. The fraction of sp³-hybridized carbons (Fsp3) is 0.462. The highest BCUT2D eigenvalue weighted by molar-refractivity contribution is 6.52. The molecule has 0 spiro atoms. The fourth-order valence-electron chi connectivity index (χ4n) is 1.70. The van der Waals surface area contributed by atoms with Crippen LogP contribution in [0, 0.1) is 5.82 Å². The van der Waals surface area contributed by atoms with Crippen LogP contribution in [0.25, 0.3) is 6.08 Å². The minimum atomic E-state index is -0.482. The van der Waals surface area contributed by atoms with Crippen LogP contribution >= 0.6 is 11.6 Å². The van der Waals surface area contributed by atoms with Crippen molar-refractivity contribution in [3.63, 3.8) is 0 Å². The van der Waals surface area contributed by atoms with Crippen molar-refractivity contribution in [2.75, 3.05) is 0 Å². The standard InChI is InChI=1S/C13H16BClFNO2/c1-12(2)13(3,4)19-14(18-12)6-5-9-7-10(16)8-17-11(9)15/h5-8H,1-4H3/b6-5+. The molecule has 0 aliphatic carbocycles. The van der Waals surface area contributed by atoms with Crippen LogP contribution in [0.1, 0.15) is 33.3 Å². The normalized spacial score (nSPS) is 21.3. The first kappa shape index (κ1) is 14.5. The van der Waals surface area contributed by atoms with Crippen LogP contribution in [0.15, 0.2) is 18.2 Å². The lowest BCUT2D eigenvalue weighted by Crippen LogP contribution is -2.41. The zero-order chi connectivity index (χ0) is 14.3. The molecule has 0 N–H and O–H groups in total. The van der Waals surface area contributed by atoms with Crippen LogP contribution in [-0.2, 0) is 9.31 Å². The molecule has 1 saturated heterocycles. The lowest BCUT2D eigenvalue weighted by molar-refractivity contribution is 0.00578. The fourth-order valence-corrected chi connectivity index (χ4v) is 1.87. The quantitative estimate of drug-likeness (QED) is 0.615. The van der Waals surface area contributed by atoms with E-state index in [1.54, 1.807) is 12.1 Å². The van der Waals surface area contributed by atoms with E-state index in [1.165, 1.54) is 6.07 Å². The molecule has 0 radical (unpaired) electrons. The maximum Gasteiger partial charge on any atom is 0.487 e. The van der Waals surface area contributed by atoms with E-state index >= 15 is 0 Å². The number of rotatable bonds is 2. The SMILES string of the molecule is CC1(C)OB(/C=C/c2cc(F)cnc2Cl)OC1(C)C. The van der Waals surface area contributed by atoms with E-state index in [0.29, 0.717) is 5.56 Å². The van der Waals surface area contributed by atoms with E-state index in [1.807, 2.05) is 27.7 Å². The molecule has 0 saturated carbocycles. The Balaban J connectivity index is 2.15. The van der Waals surface area contributed by atoms with Gasteiger partial charge in [0.15, 0.2) is 0 Å². The van der Waals surface area contributed by atoms with Crippen LogP contribution in [0.2, 0.25) is 5.15 Å². The molecule has 19 heavy (non-hydrogen) atoms. The van der Waals surface area contributed by atoms with E-state index in [-0.39, 0.29) is 5.15 Å². The van der Waals surface area contributed by atoms with Gasteiger partial charge in [-0.3, -0.25) is 0 Å². The van der Waals surface area contributed by atoms with Crippen LogP contribution < -0.4 is 0 Å². The first-order valence-electron chi connectivity index (χ1n) is 6.06. The molecule has 1 aromatic rings. The second-order valence-corrected chi connectivity index (χ2v) is 5.88. The summed E-state index contributed by atoms with van der Waals surface area (Å²) >= 11 is 5.88. The van der Waals surface area contributed by atoms with Gasteiger partial charge >= 0.3 is 7.12 Å². The molecule has 1 fully saturated rings. The number of halogens is 2. The number of hydrogen-bond donors (Lipinski definition) is 0. The summed E-state index contributed by atoms with van der Waals surface area (Å²) in [6.45, 7) is 7.88. The summed E-state index contributed by atoms with van der Waals surface area (Å²) < 4.78 is 24.7. The Morgan fingerprint density at radius 2 is 1.84 bits per heavy atom. The Bertz CT molecular complexity index is 503. The first-order valence-corrected chi connectivity index (χ1v) is 6.44. The predicted molar refractivity (Wildman–Crippen MR) is 74.3 cm³/mol. The smallest absolute Gasteiger partial charge is 0.400 e. The maximum atomic E-state index is 13.1. The van der Waals surface area contributed by atoms with E-state index in [2.05, 4.69) is 4.98 Å². The highest BCUT2D eigenvalue weighted by atomic mass is 35.5. The van der Waals surface area contributed by atoms with Gasteiger partial charge in [-0.25, -0.2) is 9.37 Å². The van der Waals surface area contributed by atoms with Gasteiger partial charge in [0.25, 0.3) is 0 Å². The van der Waals surface area contributed by atoms with Gasteiger partial charge in [-0.05, 0) is 33.8 Å². The van der Waals surface area contributed by atoms with Gasteiger partial charge in [-0.1, -0.05) is 23.7 Å². The molecule has 3 nitrogen and oxygen atoms in total. The number of nitrogens with zero attached hydrogens (tertiary/aromatic N) is 1. The van der Waals surface area contributed by atoms with Gasteiger partial charge in [-0.2, -0.15) is 0 Å². The van der Waals surface area contributed by atoms with Gasteiger partial charge in [0, 0.05) is 5.56 Å². The maximum absolute atomic E-state index is 13.1. The largest absolute Gasteiger partial charge is 0.487 e. The van der Waals surface area contributed by atoms with E-state index in [4.69, 9.17) is 20.9 Å². The zero-order valence-electron chi connectivity index (χ0n) is 11.4. The third kappa shape index (κ3) is 2.99. The highest BCUT2D eigenvalue weighted by Crippen LogP contribution is 2.37. The minimum Gasteiger partial charge on any atom is -0.400 e. The number of hydrogen-bond acceptors (Lipinski definition) is 3. The number of aromatic nitrogens is 1. The van der Waals surface area contributed by atoms with Crippen molar-refractivity contribution in [3.8, 4) is 0 Å². The molecule has 6 heteroatoms. The monoisotopic (exact) mass is 283 g/mol. The molecule has 0 aromatic carbocycles. The Morgan fingerprint density at radius 1 is 1.26 bits per heavy atom. The molecule has 0 amide bonds. The molecule has 0 unspecified atom stereocenters. The van der Waals surface area contributed by atoms with Crippen molar-refractivity contribution in [1.29, 1.82) is 0 Å². The lowest BCUT2D eigenvalue weighted by atomic mass is 9.89. The molecule has 1 aliphatic rings. The Kier molecular flexibility index (Phi) is 3.73. The molecule has 1 aromatic heterocycles. The van der Waals surface area contributed by atoms with Crippen molar-refractivity contribution in [2.45, 2.75) is 38.9 Å². The van der Waals surface area contributed by atoms with Gasteiger partial charge in [0.05, 0.1) is 17.4 Å². The summed E-state index contributed by atoms with van der Waals surface area (Å²) in [7, 11) is -0.482. The van der Waals surface area contributed by atoms with Gasteiger partial charge < -0.3 is 9.31 Å². The van der Waals surface area contributed by atoms with Crippen LogP contribution in [0.3, 0.4) is 0 Å². The second kappa shape index (κ2) is 4.89. The summed E-state index contributed by atoms with van der Waals surface area (Å²) in [6, 6.07) is 1.32. The van der Waals surface area contributed by atoms with Gasteiger partial charge in [-0.15, -0.1) is 0 Å². The van der Waals surface area contributed by atoms with Crippen molar-refractivity contribution < 1.29 is 13.7 Å². The van der Waals surface area contributed by atoms with Crippen molar-refractivity contribution in [3.05, 3.63) is 34.8 Å². The highest BCUT2D eigenvalue weighted by Gasteiger charge is 2.49. The molecule has 0 atom stereocenters. The Morgan fingerprint density at radius 3 is 2.42 bits per heavy atom. The van der Waals surface area contributed by atoms with Crippen LogP contribution in [-0.4, -0.2) is 23.3 Å². The minimum absolute atomic E-state index is 0.245. The summed E-state index contributed by atoms with van der Waals surface area (Å²) in [5.74, 6) is 1.27. The molecule has 0 bridgehead atoms. The van der Waals surface area contributed by atoms with Crippen molar-refractivity contribution >= 4 is 24.8 Å². The van der Waals surface area contributed by atoms with Gasteiger partial charge in [0.2, 0.25) is 0 Å². The summed E-state index contributed by atoms with van der Waals surface area (Å²) in [5, 5.41) is 0.245. The van der Waals surface area contributed by atoms with E-state index in [9.17, 15) is 4.39 Å². The van der Waals surface area contributed by atoms with Crippen LogP contribution in [0.5, 0.6) is 0 Å². The second-order valence-electron chi connectivity index (χ2n) is 5.52. The van der Waals surface area contributed by atoms with Crippen molar-refractivity contribution in [2.24, 2.45) is 0 Å². The average Bonchev–Trinajstić information content (AvgIpc) is 2.49. The molecule has 2 heterocycles. The summed E-state index contributed by atoms with van der Waals surface area (Å²) in [6.07, 6.45) is 2.73. The average molecular weight is 284 g/mol. The molecule has 2 rings (SSSR count). The van der Waals surface area contributed by atoms with Crippen LogP contribution in [0.4, 0.5) is 4.39 Å². The molecule has 102 valence electrons. The first-order chi connectivity index (χ1) is 8.71. The molecular weight excluding hydrogens is 267 g/mol. The topological polar surface area (TPSA) is 31.4 Å². The van der Waals surface area contributed by atoms with E-state index < -0.39 is 24.1 Å². The number of pyridine rings is 1. The van der Waals surface area contributed by atoms with E-state index in [0.717, 1.165) is 6.20 Å². The molecular formula is C13H16BClFNO2. The third-order valence-corrected chi connectivity index (χ3v) is 3.85. The summed E-state index contributed by atoms with van der Waals surface area (Å²) in [4.78, 5) is 3.74. The third-order valence-electron chi connectivity index (χ3n) is 3.54.